The minimum atomic E-state index is 0.867. The van der Waals surface area contributed by atoms with Crippen molar-refractivity contribution < 1.29 is 0 Å². The van der Waals surface area contributed by atoms with Crippen LogP contribution < -0.4 is 5.73 Å². The van der Waals surface area contributed by atoms with Gasteiger partial charge in [0, 0.05) is 25.3 Å². The molecular weight excluding hydrogens is 184 g/mol. The zero-order valence-electron chi connectivity index (χ0n) is 9.02. The Kier molecular flexibility index (Phi) is 3.41. The minimum absolute atomic E-state index is 0.867. The van der Waals surface area contributed by atoms with E-state index in [0.29, 0.717) is 0 Å². The average molecular weight is 202 g/mol. The van der Waals surface area contributed by atoms with E-state index >= 15 is 0 Å². The van der Waals surface area contributed by atoms with E-state index < -0.39 is 0 Å². The molecule has 80 valence electrons. The Hall–Kier alpha value is -1.28. The van der Waals surface area contributed by atoms with E-state index in [9.17, 15) is 0 Å². The molecule has 0 aliphatic carbocycles. The van der Waals surface area contributed by atoms with E-state index in [1.165, 1.54) is 18.5 Å². The summed E-state index contributed by atoms with van der Waals surface area (Å²) in [6.07, 6.45) is 6.80. The molecule has 15 heavy (non-hydrogen) atoms. The second-order valence-electron chi connectivity index (χ2n) is 4.06. The fraction of sp³-hybridized carbons (Fsp3) is 0.385. The Morgan fingerprint density at radius 2 is 2.20 bits per heavy atom. The Morgan fingerprint density at radius 3 is 2.93 bits per heavy atom. The van der Waals surface area contributed by atoms with Gasteiger partial charge in [0.2, 0.25) is 0 Å². The van der Waals surface area contributed by atoms with Gasteiger partial charge in [-0.05, 0) is 30.5 Å². The summed E-state index contributed by atoms with van der Waals surface area (Å²) in [5, 5.41) is 0. The highest BCUT2D eigenvalue weighted by molar-refractivity contribution is 5.40. The Balaban J connectivity index is 1.84. The van der Waals surface area contributed by atoms with Crippen LogP contribution in [0.2, 0.25) is 0 Å². The van der Waals surface area contributed by atoms with Crippen LogP contribution in [-0.4, -0.2) is 24.5 Å². The number of nitrogens with two attached hydrogens (primary N) is 1. The molecule has 2 nitrogen and oxygen atoms in total. The third-order valence-electron chi connectivity index (χ3n) is 2.81. The number of nitrogen functional groups attached to an aromatic ring is 1. The molecule has 2 heteroatoms. The molecule has 1 aromatic carbocycles. The molecule has 0 amide bonds. The second-order valence-corrected chi connectivity index (χ2v) is 4.06. The first-order chi connectivity index (χ1) is 7.34. The maximum Gasteiger partial charge on any atom is 0.0316 e. The van der Waals surface area contributed by atoms with Crippen molar-refractivity contribution in [3.05, 3.63) is 42.0 Å². The lowest BCUT2D eigenvalue weighted by atomic mass is 10.1. The van der Waals surface area contributed by atoms with Crippen molar-refractivity contribution in [2.75, 3.05) is 25.4 Å². The first kappa shape index (κ1) is 10.2. The van der Waals surface area contributed by atoms with Crippen molar-refractivity contribution in [2.24, 2.45) is 0 Å². The van der Waals surface area contributed by atoms with Gasteiger partial charge in [-0.15, -0.1) is 0 Å². The summed E-state index contributed by atoms with van der Waals surface area (Å²) in [7, 11) is 0. The fourth-order valence-electron chi connectivity index (χ4n) is 1.93. The van der Waals surface area contributed by atoms with Gasteiger partial charge in [0.25, 0.3) is 0 Å². The van der Waals surface area contributed by atoms with Crippen LogP contribution in [-0.2, 0) is 6.42 Å². The largest absolute Gasteiger partial charge is 0.399 e. The van der Waals surface area contributed by atoms with Crippen LogP contribution >= 0.6 is 0 Å². The summed E-state index contributed by atoms with van der Waals surface area (Å²) in [6.45, 7) is 3.43. The summed E-state index contributed by atoms with van der Waals surface area (Å²) in [4.78, 5) is 2.48. The molecule has 0 atom stereocenters. The van der Waals surface area contributed by atoms with Crippen LogP contribution in [0.1, 0.15) is 12.0 Å². The lowest BCUT2D eigenvalue weighted by Crippen LogP contribution is -2.29. The molecule has 1 aliphatic rings. The van der Waals surface area contributed by atoms with Crippen molar-refractivity contribution in [1.82, 2.24) is 4.90 Å². The van der Waals surface area contributed by atoms with Gasteiger partial charge < -0.3 is 5.73 Å². The van der Waals surface area contributed by atoms with Crippen LogP contribution in [0.15, 0.2) is 36.4 Å². The van der Waals surface area contributed by atoms with Crippen molar-refractivity contribution in [3.8, 4) is 0 Å². The molecule has 2 N–H and O–H groups in total. The number of rotatable bonds is 3. The van der Waals surface area contributed by atoms with E-state index in [-0.39, 0.29) is 0 Å². The monoisotopic (exact) mass is 202 g/mol. The van der Waals surface area contributed by atoms with Crippen molar-refractivity contribution in [1.29, 1.82) is 0 Å². The summed E-state index contributed by atoms with van der Waals surface area (Å²) in [5.41, 5.74) is 7.95. The lowest BCUT2D eigenvalue weighted by molar-refractivity contribution is 0.302. The van der Waals surface area contributed by atoms with Gasteiger partial charge in [-0.2, -0.15) is 0 Å². The van der Waals surface area contributed by atoms with Gasteiger partial charge in [0.05, 0.1) is 0 Å². The predicted molar refractivity (Wildman–Crippen MR) is 64.8 cm³/mol. The minimum Gasteiger partial charge on any atom is -0.399 e. The van der Waals surface area contributed by atoms with Crippen molar-refractivity contribution in [2.45, 2.75) is 12.8 Å². The number of benzene rings is 1. The van der Waals surface area contributed by atoms with Crippen LogP contribution in [0.25, 0.3) is 0 Å². The number of anilines is 1. The third-order valence-corrected chi connectivity index (χ3v) is 2.81. The molecule has 0 unspecified atom stereocenters. The molecule has 0 aromatic heterocycles. The van der Waals surface area contributed by atoms with Crippen LogP contribution in [0, 0.1) is 0 Å². The van der Waals surface area contributed by atoms with Gasteiger partial charge in [0.15, 0.2) is 0 Å². The third kappa shape index (κ3) is 3.10. The van der Waals surface area contributed by atoms with Gasteiger partial charge in [-0.25, -0.2) is 0 Å². The summed E-state index contributed by atoms with van der Waals surface area (Å²) in [5.74, 6) is 0. The summed E-state index contributed by atoms with van der Waals surface area (Å²) >= 11 is 0. The van der Waals surface area contributed by atoms with E-state index in [0.717, 1.165) is 25.2 Å². The van der Waals surface area contributed by atoms with Gasteiger partial charge >= 0.3 is 0 Å². The topological polar surface area (TPSA) is 29.3 Å². The van der Waals surface area contributed by atoms with Crippen LogP contribution in [0.3, 0.4) is 0 Å². The fourth-order valence-corrected chi connectivity index (χ4v) is 1.93. The highest BCUT2D eigenvalue weighted by atomic mass is 15.1. The zero-order valence-corrected chi connectivity index (χ0v) is 9.02. The highest BCUT2D eigenvalue weighted by Gasteiger charge is 2.05. The maximum atomic E-state index is 5.74. The molecule has 1 aliphatic heterocycles. The standard InChI is InChI=1S/C13H18N2/c14-13-6-4-5-12(11-13)7-10-15-8-2-1-3-9-15/h1-2,4-6,11H,3,7-10,14H2. The van der Waals surface area contributed by atoms with Gasteiger partial charge in [-0.1, -0.05) is 24.3 Å². The zero-order chi connectivity index (χ0) is 10.5. The molecule has 2 rings (SSSR count). The second kappa shape index (κ2) is 4.99. The summed E-state index contributed by atoms with van der Waals surface area (Å²) < 4.78 is 0. The van der Waals surface area contributed by atoms with Gasteiger partial charge in [0.1, 0.15) is 0 Å². The molecule has 0 radical (unpaired) electrons. The van der Waals surface area contributed by atoms with Crippen molar-refractivity contribution >= 4 is 5.69 Å². The summed E-state index contributed by atoms with van der Waals surface area (Å²) in [6, 6.07) is 8.18. The Morgan fingerprint density at radius 1 is 1.27 bits per heavy atom. The van der Waals surface area contributed by atoms with Gasteiger partial charge in [-0.3, -0.25) is 4.90 Å². The molecule has 0 fully saturated rings. The number of nitrogens with zero attached hydrogens (tertiary/aromatic N) is 1. The molecular formula is C13H18N2. The molecule has 0 saturated heterocycles. The van der Waals surface area contributed by atoms with E-state index in [1.54, 1.807) is 0 Å². The van der Waals surface area contributed by atoms with E-state index in [1.807, 2.05) is 12.1 Å². The van der Waals surface area contributed by atoms with Crippen LogP contribution in [0.5, 0.6) is 0 Å². The van der Waals surface area contributed by atoms with Crippen molar-refractivity contribution in [3.63, 3.8) is 0 Å². The SMILES string of the molecule is Nc1cccc(CCN2CC=CCC2)c1. The Bertz CT molecular complexity index is 344. The highest BCUT2D eigenvalue weighted by Crippen LogP contribution is 2.09. The first-order valence-corrected chi connectivity index (χ1v) is 5.56. The smallest absolute Gasteiger partial charge is 0.0316 e. The quantitative estimate of drug-likeness (QED) is 0.600. The molecule has 1 aromatic rings. The molecule has 0 bridgehead atoms. The number of hydrogen-bond donors (Lipinski definition) is 1. The maximum absolute atomic E-state index is 5.74. The number of hydrogen-bond acceptors (Lipinski definition) is 2. The predicted octanol–water partition coefficient (Wildman–Crippen LogP) is 2.07. The molecule has 1 heterocycles. The molecule has 0 spiro atoms. The molecule has 0 saturated carbocycles. The normalized spacial score (nSPS) is 16.8. The van der Waals surface area contributed by atoms with E-state index in [2.05, 4.69) is 29.2 Å². The lowest BCUT2D eigenvalue weighted by Gasteiger charge is -2.22. The van der Waals surface area contributed by atoms with E-state index in [4.69, 9.17) is 5.73 Å². The average Bonchev–Trinajstić information content (AvgIpc) is 2.28. The Labute approximate surface area is 91.4 Å². The first-order valence-electron chi connectivity index (χ1n) is 5.56. The van der Waals surface area contributed by atoms with Crippen LogP contribution in [0.4, 0.5) is 5.69 Å².